The van der Waals surface area contributed by atoms with Crippen molar-refractivity contribution in [3.05, 3.63) is 12.2 Å². The summed E-state index contributed by atoms with van der Waals surface area (Å²) in [6.45, 7) is 3.22. The van der Waals surface area contributed by atoms with Crippen LogP contribution in [0.15, 0.2) is 12.2 Å². The second-order valence-corrected chi connectivity index (χ2v) is 3.05. The maximum Gasteiger partial charge on any atom is 0.303 e. The van der Waals surface area contributed by atoms with E-state index in [2.05, 4.69) is 0 Å². The van der Waals surface area contributed by atoms with Gasteiger partial charge in [0.1, 0.15) is 0 Å². The van der Waals surface area contributed by atoms with Gasteiger partial charge in [-0.3, -0.25) is 9.59 Å². The standard InChI is InChI=1S/C9H12O3/c1-6-4-3-5-8(11)9(6)12-7(2)10/h3,5-6,9H,4H2,1-2H3/t6-,9-/m0/s1. The molecule has 1 aliphatic rings. The molecule has 0 amide bonds. The molecule has 3 nitrogen and oxygen atoms in total. The van der Waals surface area contributed by atoms with E-state index in [-0.39, 0.29) is 11.7 Å². The average molecular weight is 168 g/mol. The second-order valence-electron chi connectivity index (χ2n) is 3.05. The second kappa shape index (κ2) is 3.52. The highest BCUT2D eigenvalue weighted by atomic mass is 16.5. The number of carbonyl (C=O) groups excluding carboxylic acids is 2. The summed E-state index contributed by atoms with van der Waals surface area (Å²) in [4.78, 5) is 21.8. The molecule has 0 heterocycles. The van der Waals surface area contributed by atoms with Crippen LogP contribution in [0.2, 0.25) is 0 Å². The van der Waals surface area contributed by atoms with Gasteiger partial charge in [-0.25, -0.2) is 0 Å². The number of carbonyl (C=O) groups is 2. The van der Waals surface area contributed by atoms with Gasteiger partial charge in [0.15, 0.2) is 11.9 Å². The molecule has 0 spiro atoms. The van der Waals surface area contributed by atoms with E-state index in [1.807, 2.05) is 13.0 Å². The molecule has 0 N–H and O–H groups in total. The monoisotopic (exact) mass is 168 g/mol. The predicted octanol–water partition coefficient (Wildman–Crippen LogP) is 1.08. The Bertz CT molecular complexity index is 230. The first kappa shape index (κ1) is 8.97. The molecule has 66 valence electrons. The van der Waals surface area contributed by atoms with Gasteiger partial charge >= 0.3 is 5.97 Å². The summed E-state index contributed by atoms with van der Waals surface area (Å²) in [5, 5.41) is 0. The summed E-state index contributed by atoms with van der Waals surface area (Å²) in [5.74, 6) is -0.397. The molecule has 0 saturated carbocycles. The van der Waals surface area contributed by atoms with Gasteiger partial charge in [0.05, 0.1) is 0 Å². The van der Waals surface area contributed by atoms with E-state index >= 15 is 0 Å². The number of hydrogen-bond donors (Lipinski definition) is 0. The third-order valence-corrected chi connectivity index (χ3v) is 1.88. The van der Waals surface area contributed by atoms with E-state index in [4.69, 9.17) is 4.74 Å². The average Bonchev–Trinajstić information content (AvgIpc) is 1.97. The lowest BCUT2D eigenvalue weighted by atomic mass is 9.92. The zero-order chi connectivity index (χ0) is 9.14. The summed E-state index contributed by atoms with van der Waals surface area (Å²) in [6, 6.07) is 0. The maximum atomic E-state index is 11.2. The summed E-state index contributed by atoms with van der Waals surface area (Å²) < 4.78 is 4.88. The van der Waals surface area contributed by atoms with Crippen molar-refractivity contribution in [2.75, 3.05) is 0 Å². The number of ether oxygens (including phenoxy) is 1. The summed E-state index contributed by atoms with van der Waals surface area (Å²) in [5.41, 5.74) is 0. The zero-order valence-electron chi connectivity index (χ0n) is 7.24. The topological polar surface area (TPSA) is 43.4 Å². The van der Waals surface area contributed by atoms with Crippen molar-refractivity contribution in [3.8, 4) is 0 Å². The third-order valence-electron chi connectivity index (χ3n) is 1.88. The highest BCUT2D eigenvalue weighted by Gasteiger charge is 2.27. The maximum absolute atomic E-state index is 11.2. The van der Waals surface area contributed by atoms with E-state index < -0.39 is 12.1 Å². The largest absolute Gasteiger partial charge is 0.454 e. The van der Waals surface area contributed by atoms with Gasteiger partial charge in [0.2, 0.25) is 0 Å². The Labute approximate surface area is 71.4 Å². The molecule has 0 fully saturated rings. The van der Waals surface area contributed by atoms with Crippen LogP contribution in [0.5, 0.6) is 0 Å². The van der Waals surface area contributed by atoms with E-state index in [1.54, 1.807) is 0 Å². The predicted molar refractivity (Wildman–Crippen MR) is 43.5 cm³/mol. The summed E-state index contributed by atoms with van der Waals surface area (Å²) in [7, 11) is 0. The van der Waals surface area contributed by atoms with E-state index in [1.165, 1.54) is 13.0 Å². The fourth-order valence-corrected chi connectivity index (χ4v) is 1.25. The fourth-order valence-electron chi connectivity index (χ4n) is 1.25. The Kier molecular flexibility index (Phi) is 2.63. The first-order valence-corrected chi connectivity index (χ1v) is 3.99. The first-order valence-electron chi connectivity index (χ1n) is 3.99. The van der Waals surface area contributed by atoms with Crippen LogP contribution in [0.4, 0.5) is 0 Å². The van der Waals surface area contributed by atoms with Gasteiger partial charge in [0.25, 0.3) is 0 Å². The molecule has 0 aliphatic heterocycles. The first-order chi connectivity index (χ1) is 5.61. The van der Waals surface area contributed by atoms with Crippen molar-refractivity contribution < 1.29 is 14.3 Å². The quantitative estimate of drug-likeness (QED) is 0.550. The van der Waals surface area contributed by atoms with Crippen LogP contribution in [0, 0.1) is 5.92 Å². The lowest BCUT2D eigenvalue weighted by Gasteiger charge is -2.22. The Morgan fingerprint density at radius 2 is 2.33 bits per heavy atom. The summed E-state index contributed by atoms with van der Waals surface area (Å²) >= 11 is 0. The molecule has 0 saturated heterocycles. The number of esters is 1. The van der Waals surface area contributed by atoms with Crippen molar-refractivity contribution in [1.82, 2.24) is 0 Å². The molecule has 0 unspecified atom stereocenters. The van der Waals surface area contributed by atoms with Gasteiger partial charge in [0, 0.05) is 12.8 Å². The molecular formula is C9H12O3. The van der Waals surface area contributed by atoms with Crippen LogP contribution < -0.4 is 0 Å². The molecule has 2 atom stereocenters. The van der Waals surface area contributed by atoms with Crippen LogP contribution in [0.3, 0.4) is 0 Å². The van der Waals surface area contributed by atoms with Crippen LogP contribution >= 0.6 is 0 Å². The fraction of sp³-hybridized carbons (Fsp3) is 0.556. The van der Waals surface area contributed by atoms with Crippen molar-refractivity contribution in [1.29, 1.82) is 0 Å². The normalized spacial score (nSPS) is 28.7. The van der Waals surface area contributed by atoms with Crippen LogP contribution in [-0.2, 0) is 14.3 Å². The molecule has 0 aromatic carbocycles. The number of rotatable bonds is 1. The highest BCUT2D eigenvalue weighted by Crippen LogP contribution is 2.18. The van der Waals surface area contributed by atoms with Gasteiger partial charge in [-0.2, -0.15) is 0 Å². The molecular weight excluding hydrogens is 156 g/mol. The van der Waals surface area contributed by atoms with Crippen molar-refractivity contribution in [3.63, 3.8) is 0 Å². The van der Waals surface area contributed by atoms with Crippen molar-refractivity contribution in [2.45, 2.75) is 26.4 Å². The molecule has 1 aliphatic carbocycles. The lowest BCUT2D eigenvalue weighted by molar-refractivity contribution is -0.154. The minimum absolute atomic E-state index is 0.103. The molecule has 12 heavy (non-hydrogen) atoms. The van der Waals surface area contributed by atoms with Crippen LogP contribution in [0.1, 0.15) is 20.3 Å². The van der Waals surface area contributed by atoms with Crippen LogP contribution in [0.25, 0.3) is 0 Å². The Balaban J connectivity index is 2.66. The van der Waals surface area contributed by atoms with Crippen LogP contribution in [-0.4, -0.2) is 17.9 Å². The molecule has 0 radical (unpaired) electrons. The minimum Gasteiger partial charge on any atom is -0.454 e. The molecule has 0 aromatic rings. The van der Waals surface area contributed by atoms with Gasteiger partial charge < -0.3 is 4.74 Å². The number of hydrogen-bond acceptors (Lipinski definition) is 3. The molecule has 1 rings (SSSR count). The number of allylic oxidation sites excluding steroid dienone is 1. The highest BCUT2D eigenvalue weighted by molar-refractivity contribution is 5.95. The third kappa shape index (κ3) is 1.94. The van der Waals surface area contributed by atoms with Crippen molar-refractivity contribution in [2.24, 2.45) is 5.92 Å². The Hall–Kier alpha value is -1.12. The van der Waals surface area contributed by atoms with E-state index in [9.17, 15) is 9.59 Å². The van der Waals surface area contributed by atoms with Gasteiger partial charge in [-0.15, -0.1) is 0 Å². The van der Waals surface area contributed by atoms with E-state index in [0.29, 0.717) is 0 Å². The minimum atomic E-state index is -0.563. The zero-order valence-corrected chi connectivity index (χ0v) is 7.24. The van der Waals surface area contributed by atoms with E-state index in [0.717, 1.165) is 6.42 Å². The number of ketones is 1. The molecule has 0 bridgehead atoms. The Morgan fingerprint density at radius 3 is 2.83 bits per heavy atom. The van der Waals surface area contributed by atoms with Gasteiger partial charge in [-0.05, 0) is 12.5 Å². The molecule has 3 heteroatoms. The Morgan fingerprint density at radius 1 is 1.67 bits per heavy atom. The van der Waals surface area contributed by atoms with Gasteiger partial charge in [-0.1, -0.05) is 13.0 Å². The SMILES string of the molecule is CC(=O)O[C@@H]1C(=O)C=CC[C@@H]1C. The smallest absolute Gasteiger partial charge is 0.303 e. The molecule has 0 aromatic heterocycles. The lowest BCUT2D eigenvalue weighted by Crippen LogP contribution is -2.33. The van der Waals surface area contributed by atoms with Crippen molar-refractivity contribution >= 4 is 11.8 Å². The summed E-state index contributed by atoms with van der Waals surface area (Å²) in [6.07, 6.45) is 3.53.